The van der Waals surface area contributed by atoms with E-state index >= 15 is 0 Å². The maximum absolute atomic E-state index is 12.4. The summed E-state index contributed by atoms with van der Waals surface area (Å²) in [5.41, 5.74) is 0.855. The standard InChI is InChI=1S/C17H25N3O2.ClH/c21-16-4-2-1-3-14(16)5-6-17(22)20-10-7-15(13-20)19-11-8-18-9-12-19;/h1-4,15,18,21H,5-13H2;1H. The Morgan fingerprint density at radius 2 is 1.96 bits per heavy atom. The van der Waals surface area contributed by atoms with Crippen LogP contribution in [0.3, 0.4) is 0 Å². The Morgan fingerprint density at radius 1 is 1.22 bits per heavy atom. The fraction of sp³-hybridized carbons (Fsp3) is 0.588. The number of para-hydroxylation sites is 1. The van der Waals surface area contributed by atoms with Gasteiger partial charge in [0.05, 0.1) is 0 Å². The van der Waals surface area contributed by atoms with Gasteiger partial charge in [0.2, 0.25) is 5.91 Å². The molecule has 128 valence electrons. The lowest BCUT2D eigenvalue weighted by Gasteiger charge is -2.32. The number of amides is 1. The highest BCUT2D eigenvalue weighted by molar-refractivity contribution is 5.85. The zero-order chi connectivity index (χ0) is 15.4. The number of benzene rings is 1. The van der Waals surface area contributed by atoms with Gasteiger partial charge in [-0.05, 0) is 24.5 Å². The van der Waals surface area contributed by atoms with E-state index in [1.807, 2.05) is 17.0 Å². The first kappa shape index (κ1) is 18.0. The van der Waals surface area contributed by atoms with Crippen molar-refractivity contribution in [3.8, 4) is 5.75 Å². The fourth-order valence-corrected chi connectivity index (χ4v) is 3.44. The number of halogens is 1. The van der Waals surface area contributed by atoms with Crippen molar-refractivity contribution >= 4 is 18.3 Å². The average molecular weight is 340 g/mol. The van der Waals surface area contributed by atoms with E-state index in [0.29, 0.717) is 18.9 Å². The van der Waals surface area contributed by atoms with Crippen LogP contribution in [0.15, 0.2) is 24.3 Å². The molecule has 2 saturated heterocycles. The van der Waals surface area contributed by atoms with Gasteiger partial charge in [-0.3, -0.25) is 9.69 Å². The number of phenolic OH excluding ortho intramolecular Hbond substituents is 1. The second kappa shape index (κ2) is 8.52. The Labute approximate surface area is 144 Å². The van der Waals surface area contributed by atoms with Crippen LogP contribution in [0, 0.1) is 0 Å². The second-order valence-electron chi connectivity index (χ2n) is 6.20. The summed E-state index contributed by atoms with van der Waals surface area (Å²) in [5, 5.41) is 13.1. The third kappa shape index (κ3) is 4.59. The molecule has 6 heteroatoms. The molecule has 23 heavy (non-hydrogen) atoms. The lowest BCUT2D eigenvalue weighted by molar-refractivity contribution is -0.130. The maximum atomic E-state index is 12.4. The van der Waals surface area contributed by atoms with Crippen LogP contribution in [-0.4, -0.2) is 66.1 Å². The van der Waals surface area contributed by atoms with Crippen LogP contribution < -0.4 is 5.32 Å². The summed E-state index contributed by atoms with van der Waals surface area (Å²) >= 11 is 0. The number of piperazine rings is 1. The molecule has 3 rings (SSSR count). The van der Waals surface area contributed by atoms with E-state index in [9.17, 15) is 9.90 Å². The molecule has 2 heterocycles. The molecule has 0 aliphatic carbocycles. The largest absolute Gasteiger partial charge is 0.508 e. The van der Waals surface area contributed by atoms with Crippen molar-refractivity contribution in [3.63, 3.8) is 0 Å². The van der Waals surface area contributed by atoms with E-state index in [-0.39, 0.29) is 24.1 Å². The van der Waals surface area contributed by atoms with Crippen molar-refractivity contribution in [2.75, 3.05) is 39.3 Å². The van der Waals surface area contributed by atoms with Crippen LogP contribution in [0.25, 0.3) is 0 Å². The molecule has 0 radical (unpaired) electrons. The molecule has 0 aromatic heterocycles. The fourth-order valence-electron chi connectivity index (χ4n) is 3.44. The number of aryl methyl sites for hydroxylation is 1. The van der Waals surface area contributed by atoms with Gasteiger partial charge in [-0.15, -0.1) is 12.4 Å². The van der Waals surface area contributed by atoms with Gasteiger partial charge < -0.3 is 15.3 Å². The molecule has 1 amide bonds. The third-order valence-corrected chi connectivity index (χ3v) is 4.78. The monoisotopic (exact) mass is 339 g/mol. The Balaban J connectivity index is 0.00000192. The molecule has 2 fully saturated rings. The van der Waals surface area contributed by atoms with Crippen molar-refractivity contribution in [2.24, 2.45) is 0 Å². The van der Waals surface area contributed by atoms with Crippen LogP contribution in [0.4, 0.5) is 0 Å². The van der Waals surface area contributed by atoms with Crippen molar-refractivity contribution in [2.45, 2.75) is 25.3 Å². The number of nitrogens with zero attached hydrogens (tertiary/aromatic N) is 2. The van der Waals surface area contributed by atoms with Gasteiger partial charge in [-0.1, -0.05) is 18.2 Å². The summed E-state index contributed by atoms with van der Waals surface area (Å²) in [6.07, 6.45) is 2.18. The summed E-state index contributed by atoms with van der Waals surface area (Å²) < 4.78 is 0. The number of rotatable bonds is 4. The van der Waals surface area contributed by atoms with Gasteiger partial charge in [-0.2, -0.15) is 0 Å². The molecular weight excluding hydrogens is 314 g/mol. The topological polar surface area (TPSA) is 55.8 Å². The predicted octanol–water partition coefficient (Wildman–Crippen LogP) is 1.25. The van der Waals surface area contributed by atoms with Crippen LogP contribution in [0.2, 0.25) is 0 Å². The Morgan fingerprint density at radius 3 is 2.70 bits per heavy atom. The zero-order valence-electron chi connectivity index (χ0n) is 13.4. The van der Waals surface area contributed by atoms with Gasteiger partial charge in [0.15, 0.2) is 0 Å². The number of hydrogen-bond donors (Lipinski definition) is 2. The molecule has 1 aromatic carbocycles. The van der Waals surface area contributed by atoms with Crippen LogP contribution >= 0.6 is 12.4 Å². The molecule has 2 aliphatic rings. The molecule has 1 unspecified atom stereocenters. The summed E-state index contributed by atoms with van der Waals surface area (Å²) in [6.45, 7) is 6.01. The molecule has 0 bridgehead atoms. The van der Waals surface area contributed by atoms with E-state index in [2.05, 4.69) is 10.2 Å². The van der Waals surface area contributed by atoms with Crippen LogP contribution in [-0.2, 0) is 11.2 Å². The molecular formula is C17H26ClN3O2. The van der Waals surface area contributed by atoms with Crippen molar-refractivity contribution in [1.29, 1.82) is 0 Å². The lowest BCUT2D eigenvalue weighted by atomic mass is 10.1. The third-order valence-electron chi connectivity index (χ3n) is 4.78. The van der Waals surface area contributed by atoms with Crippen LogP contribution in [0.1, 0.15) is 18.4 Å². The number of carbonyl (C=O) groups excluding carboxylic acids is 1. The minimum absolute atomic E-state index is 0. The highest BCUT2D eigenvalue weighted by Gasteiger charge is 2.30. The molecule has 2 N–H and O–H groups in total. The number of phenols is 1. The number of carbonyl (C=O) groups is 1. The molecule has 0 spiro atoms. The van der Waals surface area contributed by atoms with Crippen molar-refractivity contribution < 1.29 is 9.90 Å². The predicted molar refractivity (Wildman–Crippen MR) is 93.1 cm³/mol. The van der Waals surface area contributed by atoms with Gasteiger partial charge in [0, 0.05) is 51.7 Å². The summed E-state index contributed by atoms with van der Waals surface area (Å²) in [6, 6.07) is 7.79. The molecule has 2 aliphatic heterocycles. The Hall–Kier alpha value is -1.30. The van der Waals surface area contributed by atoms with E-state index in [1.54, 1.807) is 12.1 Å². The van der Waals surface area contributed by atoms with Crippen LogP contribution in [0.5, 0.6) is 5.75 Å². The van der Waals surface area contributed by atoms with Gasteiger partial charge >= 0.3 is 0 Å². The summed E-state index contributed by atoms with van der Waals surface area (Å²) in [7, 11) is 0. The van der Waals surface area contributed by atoms with Crippen molar-refractivity contribution in [1.82, 2.24) is 15.1 Å². The number of likely N-dealkylation sites (tertiary alicyclic amines) is 1. The Bertz CT molecular complexity index is 520. The minimum Gasteiger partial charge on any atom is -0.508 e. The maximum Gasteiger partial charge on any atom is 0.222 e. The average Bonchev–Trinajstić information content (AvgIpc) is 3.05. The van der Waals surface area contributed by atoms with Crippen molar-refractivity contribution in [3.05, 3.63) is 29.8 Å². The first-order chi connectivity index (χ1) is 10.7. The minimum atomic E-state index is 0. The molecule has 5 nitrogen and oxygen atoms in total. The first-order valence-electron chi connectivity index (χ1n) is 8.23. The number of nitrogens with one attached hydrogen (secondary N) is 1. The Kier molecular flexibility index (Phi) is 6.69. The van der Waals surface area contributed by atoms with E-state index in [0.717, 1.165) is 51.3 Å². The molecule has 1 aromatic rings. The number of hydrogen-bond acceptors (Lipinski definition) is 4. The quantitative estimate of drug-likeness (QED) is 0.867. The van der Waals surface area contributed by atoms with Gasteiger partial charge in [0.25, 0.3) is 0 Å². The lowest BCUT2D eigenvalue weighted by Crippen LogP contribution is -2.49. The summed E-state index contributed by atoms with van der Waals surface area (Å²) in [5.74, 6) is 0.497. The second-order valence-corrected chi connectivity index (χ2v) is 6.20. The molecule has 0 saturated carbocycles. The van der Waals surface area contributed by atoms with E-state index in [1.165, 1.54) is 0 Å². The zero-order valence-corrected chi connectivity index (χ0v) is 14.2. The first-order valence-corrected chi connectivity index (χ1v) is 8.23. The smallest absolute Gasteiger partial charge is 0.222 e. The van der Waals surface area contributed by atoms with Gasteiger partial charge in [0.1, 0.15) is 5.75 Å². The summed E-state index contributed by atoms with van der Waals surface area (Å²) in [4.78, 5) is 16.9. The normalized spacial score (nSPS) is 21.9. The van der Waals surface area contributed by atoms with E-state index < -0.39 is 0 Å². The van der Waals surface area contributed by atoms with Gasteiger partial charge in [-0.25, -0.2) is 0 Å². The molecule has 1 atom stereocenters. The van der Waals surface area contributed by atoms with E-state index in [4.69, 9.17) is 0 Å². The highest BCUT2D eigenvalue weighted by Crippen LogP contribution is 2.20. The highest BCUT2D eigenvalue weighted by atomic mass is 35.5. The number of aromatic hydroxyl groups is 1. The SMILES string of the molecule is Cl.O=C(CCc1ccccc1O)N1CCC(N2CCNCC2)C1.